The molecule has 3 N–H and O–H groups in total. The number of halogens is 1. The molecule has 0 radical (unpaired) electrons. The van der Waals surface area contributed by atoms with Gasteiger partial charge >= 0.3 is 0 Å². The van der Waals surface area contributed by atoms with Gasteiger partial charge in [0.1, 0.15) is 5.75 Å². The average molecular weight is 315 g/mol. The van der Waals surface area contributed by atoms with Crippen LogP contribution in [0, 0.1) is 0 Å². The van der Waals surface area contributed by atoms with Crippen LogP contribution in [0.1, 0.15) is 26.3 Å². The van der Waals surface area contributed by atoms with E-state index in [9.17, 15) is 4.79 Å². The summed E-state index contributed by atoms with van der Waals surface area (Å²) in [6.45, 7) is 5.97. The zero-order chi connectivity index (χ0) is 13.7. The Labute approximate surface area is 116 Å². The van der Waals surface area contributed by atoms with Crippen molar-refractivity contribution in [2.24, 2.45) is 5.73 Å². The Balaban J connectivity index is 2.69. The van der Waals surface area contributed by atoms with Crippen LogP contribution in [0.25, 0.3) is 0 Å². The van der Waals surface area contributed by atoms with Crippen molar-refractivity contribution in [3.63, 3.8) is 0 Å². The molecule has 1 unspecified atom stereocenters. The molecule has 18 heavy (non-hydrogen) atoms. The Kier molecular flexibility index (Phi) is 5.62. The van der Waals surface area contributed by atoms with Gasteiger partial charge in [-0.05, 0) is 44.5 Å². The summed E-state index contributed by atoms with van der Waals surface area (Å²) in [5, 5.41) is 2.80. The van der Waals surface area contributed by atoms with Crippen LogP contribution < -0.4 is 15.8 Å². The van der Waals surface area contributed by atoms with Gasteiger partial charge in [-0.1, -0.05) is 15.9 Å². The SMILES string of the molecule is CC(C)NC(=O)C(C)Oc1ccc(Br)c(CN)c1. The summed E-state index contributed by atoms with van der Waals surface area (Å²) >= 11 is 3.40. The minimum atomic E-state index is -0.529. The normalized spacial score (nSPS) is 12.3. The summed E-state index contributed by atoms with van der Waals surface area (Å²) in [6, 6.07) is 5.61. The molecule has 4 nitrogen and oxygen atoms in total. The summed E-state index contributed by atoms with van der Waals surface area (Å²) in [5.74, 6) is 0.521. The van der Waals surface area contributed by atoms with E-state index in [-0.39, 0.29) is 11.9 Å². The number of nitrogens with two attached hydrogens (primary N) is 1. The fraction of sp³-hybridized carbons (Fsp3) is 0.462. The predicted molar refractivity (Wildman–Crippen MR) is 75.4 cm³/mol. The minimum absolute atomic E-state index is 0.105. The monoisotopic (exact) mass is 314 g/mol. The molecular formula is C13H19BrN2O2. The maximum Gasteiger partial charge on any atom is 0.260 e. The lowest BCUT2D eigenvalue weighted by Gasteiger charge is -2.17. The molecule has 100 valence electrons. The number of hydrogen-bond donors (Lipinski definition) is 2. The highest BCUT2D eigenvalue weighted by atomic mass is 79.9. The first-order valence-electron chi connectivity index (χ1n) is 5.89. The lowest BCUT2D eigenvalue weighted by Crippen LogP contribution is -2.40. The van der Waals surface area contributed by atoms with Crippen molar-refractivity contribution in [2.75, 3.05) is 0 Å². The molecule has 0 saturated carbocycles. The Hall–Kier alpha value is -1.07. The number of carbonyl (C=O) groups excluding carboxylic acids is 1. The van der Waals surface area contributed by atoms with Crippen LogP contribution in [0.15, 0.2) is 22.7 Å². The standard InChI is InChI=1S/C13H19BrN2O2/c1-8(2)16-13(17)9(3)18-11-4-5-12(14)10(6-11)7-15/h4-6,8-9H,7,15H2,1-3H3,(H,16,17). The number of hydrogen-bond acceptors (Lipinski definition) is 3. The molecule has 0 aromatic heterocycles. The van der Waals surface area contributed by atoms with E-state index in [0.717, 1.165) is 10.0 Å². The van der Waals surface area contributed by atoms with Crippen molar-refractivity contribution >= 4 is 21.8 Å². The third-order valence-corrected chi connectivity index (χ3v) is 3.12. The van der Waals surface area contributed by atoms with E-state index in [1.165, 1.54) is 0 Å². The molecule has 0 aliphatic heterocycles. The van der Waals surface area contributed by atoms with E-state index < -0.39 is 6.10 Å². The Morgan fingerprint density at radius 1 is 1.44 bits per heavy atom. The molecule has 0 aliphatic rings. The second-order valence-electron chi connectivity index (χ2n) is 4.38. The van der Waals surface area contributed by atoms with E-state index in [4.69, 9.17) is 10.5 Å². The Bertz CT molecular complexity index is 421. The van der Waals surface area contributed by atoms with Crippen molar-refractivity contribution in [3.8, 4) is 5.75 Å². The number of carbonyl (C=O) groups is 1. The smallest absolute Gasteiger partial charge is 0.260 e. The molecule has 1 rings (SSSR count). The summed E-state index contributed by atoms with van der Waals surface area (Å²) in [5.41, 5.74) is 6.56. The molecule has 1 amide bonds. The van der Waals surface area contributed by atoms with Crippen molar-refractivity contribution in [1.29, 1.82) is 0 Å². The van der Waals surface area contributed by atoms with Crippen LogP contribution in [0.3, 0.4) is 0 Å². The van der Waals surface area contributed by atoms with Crippen LogP contribution >= 0.6 is 15.9 Å². The number of ether oxygens (including phenoxy) is 1. The van der Waals surface area contributed by atoms with Crippen LogP contribution in [0.5, 0.6) is 5.75 Å². The Morgan fingerprint density at radius 3 is 2.67 bits per heavy atom. The Morgan fingerprint density at radius 2 is 2.11 bits per heavy atom. The van der Waals surface area contributed by atoms with Gasteiger partial charge in [-0.2, -0.15) is 0 Å². The summed E-state index contributed by atoms with van der Waals surface area (Å²) in [6.07, 6.45) is -0.529. The van der Waals surface area contributed by atoms with E-state index >= 15 is 0 Å². The molecule has 1 aromatic rings. The first-order valence-corrected chi connectivity index (χ1v) is 6.69. The zero-order valence-electron chi connectivity index (χ0n) is 10.9. The molecule has 0 aliphatic carbocycles. The minimum Gasteiger partial charge on any atom is -0.481 e. The third kappa shape index (κ3) is 4.31. The van der Waals surface area contributed by atoms with Crippen molar-refractivity contribution < 1.29 is 9.53 Å². The molecule has 0 saturated heterocycles. The highest BCUT2D eigenvalue weighted by molar-refractivity contribution is 9.10. The maximum absolute atomic E-state index is 11.7. The largest absolute Gasteiger partial charge is 0.481 e. The molecule has 0 fully saturated rings. The molecule has 0 bridgehead atoms. The van der Waals surface area contributed by atoms with Crippen LogP contribution in [-0.4, -0.2) is 18.1 Å². The molecule has 1 atom stereocenters. The first-order chi connectivity index (χ1) is 8.43. The highest BCUT2D eigenvalue weighted by Gasteiger charge is 2.15. The van der Waals surface area contributed by atoms with E-state index in [2.05, 4.69) is 21.2 Å². The topological polar surface area (TPSA) is 64.3 Å². The summed E-state index contributed by atoms with van der Waals surface area (Å²) < 4.78 is 6.53. The fourth-order valence-electron chi connectivity index (χ4n) is 1.44. The average Bonchev–Trinajstić information content (AvgIpc) is 2.30. The number of nitrogens with one attached hydrogen (secondary N) is 1. The zero-order valence-corrected chi connectivity index (χ0v) is 12.5. The quantitative estimate of drug-likeness (QED) is 0.875. The van der Waals surface area contributed by atoms with Crippen LogP contribution in [0.2, 0.25) is 0 Å². The first kappa shape index (κ1) is 15.0. The molecule has 0 heterocycles. The van der Waals surface area contributed by atoms with Crippen molar-refractivity contribution in [3.05, 3.63) is 28.2 Å². The van der Waals surface area contributed by atoms with Crippen LogP contribution in [0.4, 0.5) is 0 Å². The van der Waals surface area contributed by atoms with Gasteiger partial charge < -0.3 is 15.8 Å². The van der Waals surface area contributed by atoms with Crippen molar-refractivity contribution in [1.82, 2.24) is 5.32 Å². The van der Waals surface area contributed by atoms with Gasteiger partial charge in [0.25, 0.3) is 5.91 Å². The summed E-state index contributed by atoms with van der Waals surface area (Å²) in [7, 11) is 0. The molecular weight excluding hydrogens is 296 g/mol. The highest BCUT2D eigenvalue weighted by Crippen LogP contribution is 2.22. The number of benzene rings is 1. The van der Waals surface area contributed by atoms with Crippen molar-refractivity contribution in [2.45, 2.75) is 39.5 Å². The molecule has 5 heteroatoms. The second kappa shape index (κ2) is 6.75. The number of amides is 1. The third-order valence-electron chi connectivity index (χ3n) is 2.35. The van der Waals surface area contributed by atoms with E-state index in [1.54, 1.807) is 6.92 Å². The van der Waals surface area contributed by atoms with Gasteiger partial charge in [0.15, 0.2) is 6.10 Å². The maximum atomic E-state index is 11.7. The van der Waals surface area contributed by atoms with E-state index in [0.29, 0.717) is 12.3 Å². The van der Waals surface area contributed by atoms with E-state index in [1.807, 2.05) is 32.0 Å². The van der Waals surface area contributed by atoms with Gasteiger partial charge in [-0.25, -0.2) is 0 Å². The second-order valence-corrected chi connectivity index (χ2v) is 5.24. The molecule has 1 aromatic carbocycles. The van der Waals surface area contributed by atoms with Gasteiger partial charge in [0.05, 0.1) is 0 Å². The molecule has 0 spiro atoms. The number of rotatable bonds is 5. The fourth-order valence-corrected chi connectivity index (χ4v) is 1.85. The van der Waals surface area contributed by atoms with Gasteiger partial charge in [0.2, 0.25) is 0 Å². The lowest BCUT2D eigenvalue weighted by atomic mass is 10.2. The predicted octanol–water partition coefficient (Wildman–Crippen LogP) is 2.20. The van der Waals surface area contributed by atoms with Gasteiger partial charge in [0, 0.05) is 17.1 Å². The van der Waals surface area contributed by atoms with Gasteiger partial charge in [-0.3, -0.25) is 4.79 Å². The summed E-state index contributed by atoms with van der Waals surface area (Å²) in [4.78, 5) is 11.7. The van der Waals surface area contributed by atoms with Crippen LogP contribution in [-0.2, 0) is 11.3 Å². The lowest BCUT2D eigenvalue weighted by molar-refractivity contribution is -0.127. The van der Waals surface area contributed by atoms with Gasteiger partial charge in [-0.15, -0.1) is 0 Å².